The Morgan fingerprint density at radius 3 is 1.91 bits per heavy atom. The highest BCUT2D eigenvalue weighted by Crippen LogP contribution is 2.11. The molecule has 1 rings (SSSR count). The second kappa shape index (κ2) is 7.77. The summed E-state index contributed by atoms with van der Waals surface area (Å²) < 4.78 is 9.20. The van der Waals surface area contributed by atoms with Gasteiger partial charge in [0, 0.05) is 6.42 Å². The Bertz CT molecular complexity index is 565. The lowest BCUT2D eigenvalue weighted by Crippen LogP contribution is -2.45. The van der Waals surface area contributed by atoms with E-state index < -0.39 is 36.1 Å². The molecule has 1 aromatic carbocycles. The van der Waals surface area contributed by atoms with E-state index in [1.165, 1.54) is 31.2 Å². The van der Waals surface area contributed by atoms with Crippen molar-refractivity contribution in [1.82, 2.24) is 0 Å². The van der Waals surface area contributed by atoms with Crippen molar-refractivity contribution >= 4 is 23.9 Å². The summed E-state index contributed by atoms with van der Waals surface area (Å²) >= 11 is 0. The fraction of sp³-hybridized carbons (Fsp3) is 0.286. The number of ether oxygens (including phenoxy) is 2. The third kappa shape index (κ3) is 4.58. The van der Waals surface area contributed by atoms with Gasteiger partial charge in [-0.3, -0.25) is 4.79 Å². The highest BCUT2D eigenvalue weighted by Gasteiger charge is 2.40. The molecule has 0 aromatic heterocycles. The Morgan fingerprint density at radius 1 is 0.955 bits per heavy atom. The molecule has 8 nitrogen and oxygen atoms in total. The van der Waals surface area contributed by atoms with Gasteiger partial charge in [-0.1, -0.05) is 25.1 Å². The first-order valence-electron chi connectivity index (χ1n) is 6.28. The van der Waals surface area contributed by atoms with E-state index in [-0.39, 0.29) is 12.0 Å². The average molecular weight is 310 g/mol. The van der Waals surface area contributed by atoms with Crippen LogP contribution in [-0.4, -0.2) is 46.3 Å². The Morgan fingerprint density at radius 2 is 1.45 bits per heavy atom. The minimum atomic E-state index is -2.15. The molecule has 1 aromatic rings. The Balaban J connectivity index is 2.95. The Kier molecular flexibility index (Phi) is 6.06. The van der Waals surface area contributed by atoms with Crippen molar-refractivity contribution in [3.05, 3.63) is 35.9 Å². The number of esters is 2. The number of hydrogen-bond donors (Lipinski definition) is 2. The molecule has 2 N–H and O–H groups in total. The first-order chi connectivity index (χ1) is 10.4. The molecule has 22 heavy (non-hydrogen) atoms. The molecule has 2 atom stereocenters. The van der Waals surface area contributed by atoms with Crippen molar-refractivity contribution in [2.45, 2.75) is 25.6 Å². The van der Waals surface area contributed by atoms with Gasteiger partial charge in [-0.05, 0) is 12.1 Å². The smallest absolute Gasteiger partial charge is 0.349 e. The van der Waals surface area contributed by atoms with Crippen molar-refractivity contribution in [2.75, 3.05) is 0 Å². The van der Waals surface area contributed by atoms with Crippen LogP contribution < -0.4 is 0 Å². The summed E-state index contributed by atoms with van der Waals surface area (Å²) in [6.07, 6.45) is -4.43. The standard InChI is InChI=1S/C14H14O8/c1-2-9(15)21-10(12(16)17)11(13(18)19)22-14(20)8-6-4-3-5-7-8/h3-7,10-11H,2H2,1H3,(H,16,17)(H,18,19)/t10-,11-/m0/s1. The van der Waals surface area contributed by atoms with Crippen LogP contribution in [0, 0.1) is 0 Å². The molecule has 0 spiro atoms. The summed E-state index contributed by atoms with van der Waals surface area (Å²) in [7, 11) is 0. The first kappa shape index (κ1) is 17.2. The number of rotatable bonds is 7. The molecule has 0 saturated heterocycles. The second-order valence-corrected chi connectivity index (χ2v) is 4.13. The van der Waals surface area contributed by atoms with Crippen molar-refractivity contribution in [2.24, 2.45) is 0 Å². The van der Waals surface area contributed by atoms with E-state index in [2.05, 4.69) is 9.47 Å². The summed E-state index contributed by atoms with van der Waals surface area (Å²) in [5.74, 6) is -5.42. The van der Waals surface area contributed by atoms with E-state index in [0.717, 1.165) is 0 Å². The number of benzene rings is 1. The molecule has 0 bridgehead atoms. The summed E-state index contributed by atoms with van der Waals surface area (Å²) in [6.45, 7) is 1.41. The lowest BCUT2D eigenvalue weighted by molar-refractivity contribution is -0.178. The van der Waals surface area contributed by atoms with E-state index in [1.807, 2.05) is 0 Å². The normalized spacial score (nSPS) is 12.8. The molecule has 8 heteroatoms. The number of carbonyl (C=O) groups is 4. The average Bonchev–Trinajstić information content (AvgIpc) is 2.50. The molecule has 0 amide bonds. The van der Waals surface area contributed by atoms with Crippen LogP contribution in [0.1, 0.15) is 23.7 Å². The van der Waals surface area contributed by atoms with Crippen LogP contribution >= 0.6 is 0 Å². The van der Waals surface area contributed by atoms with Gasteiger partial charge in [0.2, 0.25) is 12.2 Å². The Hall–Kier alpha value is -2.90. The molecule has 0 heterocycles. The van der Waals surface area contributed by atoms with Crippen LogP contribution in [0.4, 0.5) is 0 Å². The largest absolute Gasteiger partial charge is 0.478 e. The van der Waals surface area contributed by atoms with Gasteiger partial charge in [0.25, 0.3) is 0 Å². The molecule has 0 saturated carbocycles. The maximum Gasteiger partial charge on any atom is 0.349 e. The van der Waals surface area contributed by atoms with Gasteiger partial charge < -0.3 is 19.7 Å². The highest BCUT2D eigenvalue weighted by atomic mass is 16.6. The van der Waals surface area contributed by atoms with Gasteiger partial charge in [-0.2, -0.15) is 0 Å². The predicted molar refractivity (Wildman–Crippen MR) is 71.1 cm³/mol. The molecule has 0 fully saturated rings. The van der Waals surface area contributed by atoms with Crippen LogP contribution in [0.15, 0.2) is 30.3 Å². The van der Waals surface area contributed by atoms with E-state index in [9.17, 15) is 19.2 Å². The minimum absolute atomic E-state index is 0.0414. The maximum absolute atomic E-state index is 11.8. The predicted octanol–water partition coefficient (Wildman–Crippen LogP) is 0.703. The zero-order valence-corrected chi connectivity index (χ0v) is 11.6. The lowest BCUT2D eigenvalue weighted by Gasteiger charge is -2.20. The number of carbonyl (C=O) groups excluding carboxylic acids is 2. The van der Waals surface area contributed by atoms with Gasteiger partial charge in [0.15, 0.2) is 0 Å². The van der Waals surface area contributed by atoms with Crippen molar-refractivity contribution in [3.63, 3.8) is 0 Å². The molecule has 0 aliphatic rings. The zero-order chi connectivity index (χ0) is 16.7. The topological polar surface area (TPSA) is 127 Å². The maximum atomic E-state index is 11.8. The van der Waals surface area contributed by atoms with Crippen LogP contribution in [0.25, 0.3) is 0 Å². The lowest BCUT2D eigenvalue weighted by atomic mass is 10.2. The first-order valence-corrected chi connectivity index (χ1v) is 6.28. The molecule has 0 radical (unpaired) electrons. The van der Waals surface area contributed by atoms with E-state index in [4.69, 9.17) is 10.2 Å². The van der Waals surface area contributed by atoms with Crippen molar-refractivity contribution < 1.29 is 38.9 Å². The fourth-order valence-corrected chi connectivity index (χ4v) is 1.47. The number of carboxylic acids is 2. The quantitative estimate of drug-likeness (QED) is 0.705. The van der Waals surface area contributed by atoms with Crippen molar-refractivity contribution in [1.29, 1.82) is 0 Å². The van der Waals surface area contributed by atoms with Crippen LogP contribution in [0.3, 0.4) is 0 Å². The summed E-state index contributed by atoms with van der Waals surface area (Å²) in [5, 5.41) is 18.0. The SMILES string of the molecule is CCC(=O)O[C@H](C(=O)O)[C@H](OC(=O)c1ccccc1)C(=O)O. The zero-order valence-electron chi connectivity index (χ0n) is 11.6. The minimum Gasteiger partial charge on any atom is -0.478 e. The monoisotopic (exact) mass is 310 g/mol. The molecule has 118 valence electrons. The van der Waals surface area contributed by atoms with Crippen LogP contribution in [-0.2, 0) is 23.9 Å². The summed E-state index contributed by atoms with van der Waals surface area (Å²) in [6, 6.07) is 7.43. The van der Waals surface area contributed by atoms with Gasteiger partial charge >= 0.3 is 23.9 Å². The van der Waals surface area contributed by atoms with Crippen LogP contribution in [0.2, 0.25) is 0 Å². The summed E-state index contributed by atoms with van der Waals surface area (Å²) in [5.41, 5.74) is 0.0414. The van der Waals surface area contributed by atoms with Crippen LogP contribution in [0.5, 0.6) is 0 Å². The molecule has 0 unspecified atom stereocenters. The summed E-state index contributed by atoms with van der Waals surface area (Å²) in [4.78, 5) is 45.2. The van der Waals surface area contributed by atoms with E-state index in [1.54, 1.807) is 6.07 Å². The molecular formula is C14H14O8. The Labute approximate surface area is 125 Å². The van der Waals surface area contributed by atoms with Gasteiger partial charge in [-0.15, -0.1) is 0 Å². The van der Waals surface area contributed by atoms with Crippen molar-refractivity contribution in [3.8, 4) is 0 Å². The second-order valence-electron chi connectivity index (χ2n) is 4.13. The van der Waals surface area contributed by atoms with Gasteiger partial charge in [-0.25, -0.2) is 14.4 Å². The van der Waals surface area contributed by atoms with Gasteiger partial charge in [0.1, 0.15) is 0 Å². The molecule has 0 aliphatic carbocycles. The number of hydrogen-bond acceptors (Lipinski definition) is 6. The third-order valence-electron chi connectivity index (χ3n) is 2.55. The number of carboxylic acid groups (broad SMARTS) is 2. The highest BCUT2D eigenvalue weighted by molar-refractivity contribution is 5.93. The van der Waals surface area contributed by atoms with E-state index in [0.29, 0.717) is 0 Å². The molecule has 0 aliphatic heterocycles. The van der Waals surface area contributed by atoms with Gasteiger partial charge in [0.05, 0.1) is 5.56 Å². The fourth-order valence-electron chi connectivity index (χ4n) is 1.47. The molecular weight excluding hydrogens is 296 g/mol. The third-order valence-corrected chi connectivity index (χ3v) is 2.55. The number of aliphatic carboxylic acids is 2. The van der Waals surface area contributed by atoms with E-state index >= 15 is 0 Å².